The zero-order valence-corrected chi connectivity index (χ0v) is 20.0. The molecule has 1 aromatic carbocycles. The van der Waals surface area contributed by atoms with E-state index < -0.39 is 5.82 Å². The summed E-state index contributed by atoms with van der Waals surface area (Å²) in [6, 6.07) is 5.99. The third-order valence-electron chi connectivity index (χ3n) is 5.94. The molecule has 178 valence electrons. The second-order valence-corrected chi connectivity index (χ2v) is 9.16. The number of nitrogens with one attached hydrogen (secondary N) is 3. The van der Waals surface area contributed by atoms with E-state index >= 15 is 0 Å². The molecule has 1 aliphatic heterocycles. The maximum Gasteiger partial charge on any atom is 0.254 e. The number of anilines is 2. The number of piperidine rings is 1. The van der Waals surface area contributed by atoms with E-state index in [1.165, 1.54) is 24.4 Å². The molecule has 0 bridgehead atoms. The first-order valence-corrected chi connectivity index (χ1v) is 11.8. The Morgan fingerprint density at radius 1 is 1.24 bits per heavy atom. The summed E-state index contributed by atoms with van der Waals surface area (Å²) in [5.74, 6) is 0.600. The van der Waals surface area contributed by atoms with Crippen LogP contribution in [0.1, 0.15) is 48.5 Å². The minimum absolute atomic E-state index is 0.0970. The third kappa shape index (κ3) is 5.69. The van der Waals surface area contributed by atoms with Gasteiger partial charge in [-0.05, 0) is 62.0 Å². The zero-order chi connectivity index (χ0) is 24.1. The van der Waals surface area contributed by atoms with Crippen LogP contribution in [0.2, 0.25) is 5.02 Å². The molecule has 2 aromatic heterocycles. The number of hydrogen-bond acceptors (Lipinski definition) is 6. The summed E-state index contributed by atoms with van der Waals surface area (Å²) < 4.78 is 14.5. The van der Waals surface area contributed by atoms with E-state index in [1.807, 2.05) is 13.8 Å². The topological polar surface area (TPSA) is 91.8 Å². The standard InChI is InChI=1S/C25H28ClFN6O/c1-15(2)19-14-30-23(18-11-17(26)3-4-21(18)27)33-24(19)32-22-7-10-29-13-20(22)25(34)31-12-16-5-8-28-9-6-16/h3-4,7,10-11,13-16,28H,5-6,8-9,12H2,1-2H3,(H,31,34)(H,29,30,32,33). The number of benzene rings is 1. The van der Waals surface area contributed by atoms with Crippen LogP contribution in [0.15, 0.2) is 42.9 Å². The summed E-state index contributed by atoms with van der Waals surface area (Å²) in [4.78, 5) is 26.1. The molecule has 1 fully saturated rings. The van der Waals surface area contributed by atoms with Gasteiger partial charge in [-0.3, -0.25) is 9.78 Å². The highest BCUT2D eigenvalue weighted by Gasteiger charge is 2.19. The molecule has 7 nitrogen and oxygen atoms in total. The van der Waals surface area contributed by atoms with Gasteiger partial charge in [0.25, 0.3) is 5.91 Å². The van der Waals surface area contributed by atoms with E-state index in [9.17, 15) is 9.18 Å². The number of rotatable bonds is 7. The molecule has 3 heterocycles. The first-order chi connectivity index (χ1) is 16.4. The van der Waals surface area contributed by atoms with Crippen molar-refractivity contribution in [2.75, 3.05) is 25.0 Å². The first-order valence-electron chi connectivity index (χ1n) is 11.4. The Kier molecular flexibility index (Phi) is 7.70. The molecule has 0 radical (unpaired) electrons. The highest BCUT2D eigenvalue weighted by molar-refractivity contribution is 6.30. The van der Waals surface area contributed by atoms with Crippen LogP contribution in [0.4, 0.5) is 15.9 Å². The number of amides is 1. The fourth-order valence-electron chi connectivity index (χ4n) is 3.94. The molecular weight excluding hydrogens is 455 g/mol. The lowest BCUT2D eigenvalue weighted by atomic mass is 9.98. The highest BCUT2D eigenvalue weighted by Crippen LogP contribution is 2.30. The number of carbonyl (C=O) groups is 1. The van der Waals surface area contributed by atoms with Crippen molar-refractivity contribution in [2.24, 2.45) is 5.92 Å². The minimum Gasteiger partial charge on any atom is -0.352 e. The third-order valence-corrected chi connectivity index (χ3v) is 6.17. The second kappa shape index (κ2) is 10.9. The van der Waals surface area contributed by atoms with Crippen LogP contribution < -0.4 is 16.0 Å². The quantitative estimate of drug-likeness (QED) is 0.442. The fraction of sp³-hybridized carbons (Fsp3) is 0.360. The Balaban J connectivity index is 1.61. The van der Waals surface area contributed by atoms with Gasteiger partial charge in [-0.2, -0.15) is 0 Å². The van der Waals surface area contributed by atoms with E-state index in [4.69, 9.17) is 11.6 Å². The van der Waals surface area contributed by atoms with Gasteiger partial charge >= 0.3 is 0 Å². The second-order valence-electron chi connectivity index (χ2n) is 8.73. The molecule has 0 aliphatic carbocycles. The molecule has 9 heteroatoms. The molecule has 3 aromatic rings. The number of aromatic nitrogens is 3. The maximum atomic E-state index is 14.5. The average Bonchev–Trinajstić information content (AvgIpc) is 2.85. The van der Waals surface area contributed by atoms with Crippen molar-refractivity contribution < 1.29 is 9.18 Å². The molecule has 0 unspecified atom stereocenters. The molecule has 1 amide bonds. The Labute approximate surface area is 203 Å². The van der Waals surface area contributed by atoms with Crippen molar-refractivity contribution >= 4 is 29.0 Å². The molecule has 34 heavy (non-hydrogen) atoms. The number of nitrogens with zero attached hydrogens (tertiary/aromatic N) is 3. The predicted molar refractivity (Wildman–Crippen MR) is 132 cm³/mol. The van der Waals surface area contributed by atoms with Crippen LogP contribution in [0.5, 0.6) is 0 Å². The van der Waals surface area contributed by atoms with Crippen molar-refractivity contribution in [1.29, 1.82) is 0 Å². The molecule has 4 rings (SSSR count). The summed E-state index contributed by atoms with van der Waals surface area (Å²) in [7, 11) is 0. The molecule has 1 aliphatic rings. The molecule has 0 spiro atoms. The van der Waals surface area contributed by atoms with Gasteiger partial charge in [0.1, 0.15) is 11.6 Å². The van der Waals surface area contributed by atoms with Crippen LogP contribution in [0, 0.1) is 11.7 Å². The number of hydrogen-bond donors (Lipinski definition) is 3. The molecule has 3 N–H and O–H groups in total. The Hall–Kier alpha value is -3.10. The summed E-state index contributed by atoms with van der Waals surface area (Å²) in [5.41, 5.74) is 2.03. The summed E-state index contributed by atoms with van der Waals surface area (Å²) in [6.07, 6.45) is 6.90. The van der Waals surface area contributed by atoms with Gasteiger partial charge < -0.3 is 16.0 Å². The van der Waals surface area contributed by atoms with Crippen LogP contribution in [-0.4, -0.2) is 40.5 Å². The zero-order valence-electron chi connectivity index (χ0n) is 19.2. The van der Waals surface area contributed by atoms with Gasteiger partial charge in [0.05, 0.1) is 16.8 Å². The van der Waals surface area contributed by atoms with E-state index in [0.29, 0.717) is 34.6 Å². The average molecular weight is 483 g/mol. The van der Waals surface area contributed by atoms with Crippen molar-refractivity contribution in [3.05, 3.63) is 64.8 Å². The normalized spacial score (nSPS) is 14.3. The van der Waals surface area contributed by atoms with E-state index in [1.54, 1.807) is 18.5 Å². The smallest absolute Gasteiger partial charge is 0.254 e. The van der Waals surface area contributed by atoms with Gasteiger partial charge in [0.15, 0.2) is 5.82 Å². The Morgan fingerprint density at radius 3 is 2.79 bits per heavy atom. The Morgan fingerprint density at radius 2 is 2.03 bits per heavy atom. The van der Waals surface area contributed by atoms with E-state index in [0.717, 1.165) is 31.5 Å². The van der Waals surface area contributed by atoms with Crippen LogP contribution in [-0.2, 0) is 0 Å². The van der Waals surface area contributed by atoms with Crippen LogP contribution >= 0.6 is 11.6 Å². The lowest BCUT2D eigenvalue weighted by Crippen LogP contribution is -2.36. The van der Waals surface area contributed by atoms with Gasteiger partial charge in [0.2, 0.25) is 0 Å². The van der Waals surface area contributed by atoms with E-state index in [2.05, 4.69) is 30.9 Å². The van der Waals surface area contributed by atoms with E-state index in [-0.39, 0.29) is 23.2 Å². The number of halogens is 2. The number of carbonyl (C=O) groups excluding carboxylic acids is 1. The van der Waals surface area contributed by atoms with Crippen LogP contribution in [0.25, 0.3) is 11.4 Å². The van der Waals surface area contributed by atoms with Crippen molar-refractivity contribution in [3.63, 3.8) is 0 Å². The maximum absolute atomic E-state index is 14.5. The van der Waals surface area contributed by atoms with Crippen LogP contribution in [0.3, 0.4) is 0 Å². The fourth-order valence-corrected chi connectivity index (χ4v) is 4.11. The minimum atomic E-state index is -0.463. The molecular formula is C25H28ClFN6O. The van der Waals surface area contributed by atoms with Gasteiger partial charge in [-0.15, -0.1) is 0 Å². The predicted octanol–water partition coefficient (Wildman–Crippen LogP) is 4.93. The molecule has 0 atom stereocenters. The monoisotopic (exact) mass is 482 g/mol. The highest BCUT2D eigenvalue weighted by atomic mass is 35.5. The first kappa shape index (κ1) is 24.0. The summed E-state index contributed by atoms with van der Waals surface area (Å²) >= 11 is 6.07. The van der Waals surface area contributed by atoms with Crippen molar-refractivity contribution in [2.45, 2.75) is 32.6 Å². The largest absolute Gasteiger partial charge is 0.352 e. The SMILES string of the molecule is CC(C)c1cnc(-c2cc(Cl)ccc2F)nc1Nc1ccncc1C(=O)NCC1CCNCC1. The lowest BCUT2D eigenvalue weighted by molar-refractivity contribution is 0.0944. The van der Waals surface area contributed by atoms with Gasteiger partial charge in [-0.25, -0.2) is 14.4 Å². The Bertz CT molecular complexity index is 1170. The van der Waals surface area contributed by atoms with Gasteiger partial charge in [-0.1, -0.05) is 25.4 Å². The van der Waals surface area contributed by atoms with Gasteiger partial charge in [0, 0.05) is 35.7 Å². The van der Waals surface area contributed by atoms with Crippen molar-refractivity contribution in [3.8, 4) is 11.4 Å². The number of pyridine rings is 1. The summed E-state index contributed by atoms with van der Waals surface area (Å²) in [5, 5.41) is 10.0. The summed E-state index contributed by atoms with van der Waals surface area (Å²) in [6.45, 7) is 6.60. The molecule has 1 saturated heterocycles. The van der Waals surface area contributed by atoms with Crippen molar-refractivity contribution in [1.82, 2.24) is 25.6 Å². The lowest BCUT2D eigenvalue weighted by Gasteiger charge is -2.23. The molecule has 0 saturated carbocycles.